The quantitative estimate of drug-likeness (QED) is 0.813. The van der Waals surface area contributed by atoms with Gasteiger partial charge in [-0.1, -0.05) is 13.3 Å². The fourth-order valence-electron chi connectivity index (χ4n) is 1.75. The van der Waals surface area contributed by atoms with Crippen molar-refractivity contribution >= 4 is 17.3 Å². The van der Waals surface area contributed by atoms with Gasteiger partial charge in [-0.05, 0) is 18.6 Å². The summed E-state index contributed by atoms with van der Waals surface area (Å²) in [4.78, 5) is 11.6. The van der Waals surface area contributed by atoms with Crippen molar-refractivity contribution in [2.24, 2.45) is 0 Å². The van der Waals surface area contributed by atoms with Crippen LogP contribution in [-0.4, -0.2) is 11.9 Å². The van der Waals surface area contributed by atoms with Gasteiger partial charge in [-0.3, -0.25) is 4.79 Å². The van der Waals surface area contributed by atoms with Gasteiger partial charge in [-0.2, -0.15) is 0 Å². The summed E-state index contributed by atoms with van der Waals surface area (Å²) in [5, 5.41) is 5.28. The molecule has 1 heterocycles. The standard InChI is InChI=1S/C11H12F2N2O/c1-2-3-8-11(16)15-7-5-4-6(12)9(13)10(7)14-8/h4-5,8,14H,2-3H2,1H3,(H,15,16). The molecule has 1 amide bonds. The number of carbonyl (C=O) groups excluding carboxylic acids is 1. The normalized spacial score (nSPS) is 18.7. The Kier molecular flexibility index (Phi) is 2.77. The Morgan fingerprint density at radius 3 is 2.81 bits per heavy atom. The molecule has 0 aliphatic carbocycles. The van der Waals surface area contributed by atoms with Gasteiger partial charge >= 0.3 is 0 Å². The van der Waals surface area contributed by atoms with Crippen LogP contribution in [0.2, 0.25) is 0 Å². The predicted octanol–water partition coefficient (Wildman–Crippen LogP) is 2.50. The molecule has 1 aliphatic rings. The van der Waals surface area contributed by atoms with Gasteiger partial charge in [0.15, 0.2) is 11.6 Å². The number of benzene rings is 1. The molecule has 0 saturated carbocycles. The molecule has 3 nitrogen and oxygen atoms in total. The fraction of sp³-hybridized carbons (Fsp3) is 0.364. The molecule has 0 fully saturated rings. The summed E-state index contributed by atoms with van der Waals surface area (Å²) in [7, 11) is 0. The number of carbonyl (C=O) groups is 1. The van der Waals surface area contributed by atoms with E-state index in [1.165, 1.54) is 6.07 Å². The van der Waals surface area contributed by atoms with Crippen LogP contribution >= 0.6 is 0 Å². The highest BCUT2D eigenvalue weighted by Crippen LogP contribution is 2.31. The van der Waals surface area contributed by atoms with Crippen LogP contribution in [0.25, 0.3) is 0 Å². The number of rotatable bonds is 2. The van der Waals surface area contributed by atoms with Crippen LogP contribution < -0.4 is 10.6 Å². The van der Waals surface area contributed by atoms with Crippen LogP contribution in [0.4, 0.5) is 20.2 Å². The second-order valence-corrected chi connectivity index (χ2v) is 3.76. The van der Waals surface area contributed by atoms with Crippen molar-refractivity contribution in [3.63, 3.8) is 0 Å². The number of nitrogens with one attached hydrogen (secondary N) is 2. The largest absolute Gasteiger partial charge is 0.369 e. The van der Waals surface area contributed by atoms with E-state index in [0.29, 0.717) is 6.42 Å². The van der Waals surface area contributed by atoms with Crippen molar-refractivity contribution in [3.8, 4) is 0 Å². The van der Waals surface area contributed by atoms with Crippen LogP contribution in [-0.2, 0) is 4.79 Å². The monoisotopic (exact) mass is 226 g/mol. The minimum atomic E-state index is -0.946. The molecule has 1 unspecified atom stereocenters. The third-order valence-corrected chi connectivity index (χ3v) is 2.57. The second kappa shape index (κ2) is 4.08. The summed E-state index contributed by atoms with van der Waals surface area (Å²) in [5.74, 6) is -2.07. The summed E-state index contributed by atoms with van der Waals surface area (Å²) in [6.07, 6.45) is 1.37. The van der Waals surface area contributed by atoms with Gasteiger partial charge in [0, 0.05) is 0 Å². The van der Waals surface area contributed by atoms with E-state index >= 15 is 0 Å². The molecule has 16 heavy (non-hydrogen) atoms. The van der Waals surface area contributed by atoms with Gasteiger partial charge in [-0.15, -0.1) is 0 Å². The van der Waals surface area contributed by atoms with Crippen molar-refractivity contribution in [2.45, 2.75) is 25.8 Å². The SMILES string of the molecule is CCCC1Nc2c(ccc(F)c2F)NC1=O. The van der Waals surface area contributed by atoms with Gasteiger partial charge in [0.05, 0.1) is 11.4 Å². The number of hydrogen-bond donors (Lipinski definition) is 2. The first-order valence-corrected chi connectivity index (χ1v) is 5.19. The topological polar surface area (TPSA) is 41.1 Å². The zero-order valence-electron chi connectivity index (χ0n) is 8.81. The van der Waals surface area contributed by atoms with Crippen LogP contribution in [0.3, 0.4) is 0 Å². The lowest BCUT2D eigenvalue weighted by molar-refractivity contribution is -0.117. The Hall–Kier alpha value is -1.65. The van der Waals surface area contributed by atoms with Crippen LogP contribution in [0, 0.1) is 11.6 Å². The lowest BCUT2D eigenvalue weighted by Crippen LogP contribution is -2.39. The van der Waals surface area contributed by atoms with E-state index in [-0.39, 0.29) is 17.3 Å². The average Bonchev–Trinajstić information content (AvgIpc) is 2.26. The molecule has 0 bridgehead atoms. The minimum absolute atomic E-state index is 0.0399. The molecule has 0 saturated heterocycles. The van der Waals surface area contributed by atoms with Crippen molar-refractivity contribution < 1.29 is 13.6 Å². The van der Waals surface area contributed by atoms with Crippen molar-refractivity contribution in [1.82, 2.24) is 0 Å². The summed E-state index contributed by atoms with van der Waals surface area (Å²) in [6.45, 7) is 1.92. The Bertz CT molecular complexity index is 434. The van der Waals surface area contributed by atoms with Crippen molar-refractivity contribution in [1.29, 1.82) is 0 Å². The average molecular weight is 226 g/mol. The van der Waals surface area contributed by atoms with E-state index in [1.54, 1.807) is 0 Å². The molecule has 1 aromatic rings. The number of fused-ring (bicyclic) bond motifs is 1. The number of anilines is 2. The third kappa shape index (κ3) is 1.73. The number of amides is 1. The van der Waals surface area contributed by atoms with E-state index in [9.17, 15) is 13.6 Å². The molecule has 86 valence electrons. The third-order valence-electron chi connectivity index (χ3n) is 2.57. The molecule has 5 heteroatoms. The second-order valence-electron chi connectivity index (χ2n) is 3.76. The molecule has 2 rings (SSSR count). The Labute approximate surface area is 91.8 Å². The molecular weight excluding hydrogens is 214 g/mol. The summed E-state index contributed by atoms with van der Waals surface area (Å²) >= 11 is 0. The first kappa shape index (κ1) is 10.9. The molecule has 0 aromatic heterocycles. The van der Waals surface area contributed by atoms with E-state index in [1.807, 2.05) is 6.92 Å². The highest BCUT2D eigenvalue weighted by molar-refractivity contribution is 6.02. The molecule has 2 N–H and O–H groups in total. The molecule has 1 aromatic carbocycles. The zero-order chi connectivity index (χ0) is 11.7. The smallest absolute Gasteiger partial charge is 0.246 e. The Balaban J connectivity index is 2.36. The zero-order valence-corrected chi connectivity index (χ0v) is 8.81. The summed E-state index contributed by atoms with van der Waals surface area (Å²) in [5.41, 5.74) is 0.328. The molecular formula is C11H12F2N2O. The molecule has 0 spiro atoms. The van der Waals surface area contributed by atoms with E-state index in [4.69, 9.17) is 0 Å². The van der Waals surface area contributed by atoms with Gasteiger partial charge in [0.2, 0.25) is 5.91 Å². The summed E-state index contributed by atoms with van der Waals surface area (Å²) in [6, 6.07) is 1.85. The lowest BCUT2D eigenvalue weighted by atomic mass is 10.1. The predicted molar refractivity (Wildman–Crippen MR) is 57.3 cm³/mol. The maximum atomic E-state index is 13.4. The van der Waals surface area contributed by atoms with Gasteiger partial charge in [-0.25, -0.2) is 8.78 Å². The van der Waals surface area contributed by atoms with E-state index < -0.39 is 17.7 Å². The van der Waals surface area contributed by atoms with Crippen LogP contribution in [0.15, 0.2) is 12.1 Å². The highest BCUT2D eigenvalue weighted by atomic mass is 19.2. The first-order chi connectivity index (χ1) is 7.63. The van der Waals surface area contributed by atoms with Gasteiger partial charge in [0.1, 0.15) is 6.04 Å². The Morgan fingerprint density at radius 1 is 1.38 bits per heavy atom. The maximum absolute atomic E-state index is 13.4. The fourth-order valence-corrected chi connectivity index (χ4v) is 1.75. The number of hydrogen-bond acceptors (Lipinski definition) is 2. The molecule has 1 atom stereocenters. The van der Waals surface area contributed by atoms with E-state index in [2.05, 4.69) is 10.6 Å². The number of halogens is 2. The Morgan fingerprint density at radius 2 is 2.12 bits per heavy atom. The first-order valence-electron chi connectivity index (χ1n) is 5.19. The van der Waals surface area contributed by atoms with E-state index in [0.717, 1.165) is 12.5 Å². The summed E-state index contributed by atoms with van der Waals surface area (Å²) < 4.78 is 26.4. The van der Waals surface area contributed by atoms with Gasteiger partial charge < -0.3 is 10.6 Å². The maximum Gasteiger partial charge on any atom is 0.246 e. The van der Waals surface area contributed by atoms with Crippen LogP contribution in [0.1, 0.15) is 19.8 Å². The minimum Gasteiger partial charge on any atom is -0.369 e. The lowest BCUT2D eigenvalue weighted by Gasteiger charge is -2.26. The molecule has 1 aliphatic heterocycles. The van der Waals surface area contributed by atoms with Gasteiger partial charge in [0.25, 0.3) is 0 Å². The van der Waals surface area contributed by atoms with Crippen molar-refractivity contribution in [2.75, 3.05) is 10.6 Å². The molecule has 0 radical (unpaired) electrons. The van der Waals surface area contributed by atoms with Crippen molar-refractivity contribution in [3.05, 3.63) is 23.8 Å². The highest BCUT2D eigenvalue weighted by Gasteiger charge is 2.27. The van der Waals surface area contributed by atoms with Crippen LogP contribution in [0.5, 0.6) is 0 Å².